The van der Waals surface area contributed by atoms with Gasteiger partial charge in [-0.05, 0) is 18.3 Å². The first-order valence-corrected chi connectivity index (χ1v) is 8.81. The molecule has 1 N–H and O–H groups in total. The minimum Gasteiger partial charge on any atom is -0.343 e. The van der Waals surface area contributed by atoms with E-state index in [1.54, 1.807) is 0 Å². The van der Waals surface area contributed by atoms with E-state index in [2.05, 4.69) is 19.2 Å². The van der Waals surface area contributed by atoms with Crippen LogP contribution >= 0.6 is 0 Å². The van der Waals surface area contributed by atoms with Gasteiger partial charge < -0.3 is 10.2 Å². The van der Waals surface area contributed by atoms with Crippen molar-refractivity contribution in [3.63, 3.8) is 0 Å². The molecule has 0 aromatic rings. The summed E-state index contributed by atoms with van der Waals surface area (Å²) in [5, 5.41) is 3.13. The van der Waals surface area contributed by atoms with Gasteiger partial charge in [0, 0.05) is 32.1 Å². The third kappa shape index (κ3) is 4.18. The number of amides is 1. The van der Waals surface area contributed by atoms with Gasteiger partial charge in [0.05, 0.1) is 11.5 Å². The van der Waals surface area contributed by atoms with Crippen molar-refractivity contribution in [1.82, 2.24) is 10.2 Å². The van der Waals surface area contributed by atoms with Gasteiger partial charge in [0.15, 0.2) is 9.84 Å². The summed E-state index contributed by atoms with van der Waals surface area (Å²) in [4.78, 5) is 14.1. The molecule has 0 radical (unpaired) electrons. The highest BCUT2D eigenvalue weighted by atomic mass is 32.2. The summed E-state index contributed by atoms with van der Waals surface area (Å²) in [6.07, 6.45) is 2.35. The maximum Gasteiger partial charge on any atom is 0.224 e. The van der Waals surface area contributed by atoms with Crippen LogP contribution in [-0.4, -0.2) is 56.4 Å². The third-order valence-electron chi connectivity index (χ3n) is 4.19. The molecule has 2 aliphatic rings. The Hall–Kier alpha value is -0.620. The van der Waals surface area contributed by atoms with Crippen LogP contribution in [0.1, 0.15) is 33.1 Å². The summed E-state index contributed by atoms with van der Waals surface area (Å²) in [6.45, 7) is 6.51. The van der Waals surface area contributed by atoms with Crippen molar-refractivity contribution in [2.45, 2.75) is 39.2 Å². The SMILES string of the molecule is CC1(C)CCN(C(=O)CC2CS(=O)(=O)CCN2)CC1. The van der Waals surface area contributed by atoms with Gasteiger partial charge in [-0.15, -0.1) is 0 Å². The highest BCUT2D eigenvalue weighted by Gasteiger charge is 2.31. The minimum atomic E-state index is -2.96. The molecule has 2 rings (SSSR count). The molecule has 2 saturated heterocycles. The van der Waals surface area contributed by atoms with E-state index in [1.807, 2.05) is 4.90 Å². The van der Waals surface area contributed by atoms with Crippen LogP contribution in [0.3, 0.4) is 0 Å². The smallest absolute Gasteiger partial charge is 0.224 e. The van der Waals surface area contributed by atoms with Gasteiger partial charge in [-0.1, -0.05) is 13.8 Å². The lowest BCUT2D eigenvalue weighted by molar-refractivity contribution is -0.133. The fourth-order valence-electron chi connectivity index (χ4n) is 2.70. The molecule has 5 nitrogen and oxygen atoms in total. The van der Waals surface area contributed by atoms with E-state index in [9.17, 15) is 13.2 Å². The topological polar surface area (TPSA) is 66.5 Å². The van der Waals surface area contributed by atoms with E-state index in [-0.39, 0.29) is 23.5 Å². The third-order valence-corrected chi connectivity index (χ3v) is 5.93. The lowest BCUT2D eigenvalue weighted by Crippen LogP contribution is -2.49. The molecule has 0 aromatic heterocycles. The monoisotopic (exact) mass is 288 g/mol. The van der Waals surface area contributed by atoms with Gasteiger partial charge in [0.25, 0.3) is 0 Å². The lowest BCUT2D eigenvalue weighted by atomic mass is 9.82. The van der Waals surface area contributed by atoms with Crippen LogP contribution in [0.5, 0.6) is 0 Å². The molecule has 6 heteroatoms. The molecule has 1 amide bonds. The second-order valence-corrected chi connectivity index (χ2v) is 8.74. The first-order valence-electron chi connectivity index (χ1n) is 6.99. The highest BCUT2D eigenvalue weighted by molar-refractivity contribution is 7.91. The predicted octanol–water partition coefficient (Wildman–Crippen LogP) is 0.412. The molecule has 110 valence electrons. The second kappa shape index (κ2) is 5.40. The maximum absolute atomic E-state index is 12.2. The summed E-state index contributed by atoms with van der Waals surface area (Å²) < 4.78 is 23.1. The van der Waals surface area contributed by atoms with Crippen molar-refractivity contribution >= 4 is 15.7 Å². The standard InChI is InChI=1S/C13H24N2O3S/c1-13(2)3-6-15(7-4-13)12(16)9-11-10-19(17,18)8-5-14-11/h11,14H,3-10H2,1-2H3. The van der Waals surface area contributed by atoms with E-state index in [1.165, 1.54) is 0 Å². The average Bonchev–Trinajstić information content (AvgIpc) is 2.27. The van der Waals surface area contributed by atoms with Crippen molar-refractivity contribution in [2.24, 2.45) is 5.41 Å². The van der Waals surface area contributed by atoms with Crippen LogP contribution in [0, 0.1) is 5.41 Å². The van der Waals surface area contributed by atoms with Crippen LogP contribution in [0.15, 0.2) is 0 Å². The molecule has 2 heterocycles. The van der Waals surface area contributed by atoms with Crippen LogP contribution < -0.4 is 5.32 Å². The number of rotatable bonds is 2. The lowest BCUT2D eigenvalue weighted by Gasteiger charge is -2.37. The highest BCUT2D eigenvalue weighted by Crippen LogP contribution is 2.30. The number of piperidine rings is 1. The number of sulfone groups is 1. The Labute approximate surface area is 115 Å². The summed E-state index contributed by atoms with van der Waals surface area (Å²) in [6, 6.07) is -0.207. The Morgan fingerprint density at radius 2 is 1.95 bits per heavy atom. The summed E-state index contributed by atoms with van der Waals surface area (Å²) in [5.41, 5.74) is 0.323. The molecule has 19 heavy (non-hydrogen) atoms. The number of hydrogen-bond donors (Lipinski definition) is 1. The Balaban J connectivity index is 1.85. The van der Waals surface area contributed by atoms with Crippen molar-refractivity contribution in [1.29, 1.82) is 0 Å². The zero-order valence-corrected chi connectivity index (χ0v) is 12.6. The number of carbonyl (C=O) groups is 1. The first-order chi connectivity index (χ1) is 8.77. The number of hydrogen-bond acceptors (Lipinski definition) is 4. The Bertz CT molecular complexity index is 435. The summed E-state index contributed by atoms with van der Waals surface area (Å²) in [5.74, 6) is 0.373. The molecule has 2 aliphatic heterocycles. The summed E-state index contributed by atoms with van der Waals surface area (Å²) >= 11 is 0. The summed E-state index contributed by atoms with van der Waals surface area (Å²) in [7, 11) is -2.96. The van der Waals surface area contributed by atoms with Crippen LogP contribution in [0.25, 0.3) is 0 Å². The van der Waals surface area contributed by atoms with Gasteiger partial charge in [0.2, 0.25) is 5.91 Å². The second-order valence-electron chi connectivity index (χ2n) is 6.51. The van der Waals surface area contributed by atoms with Crippen LogP contribution in [0.4, 0.5) is 0 Å². The number of nitrogens with zero attached hydrogens (tertiary/aromatic N) is 1. The molecule has 1 unspecified atom stereocenters. The Morgan fingerprint density at radius 1 is 1.32 bits per heavy atom. The molecule has 2 fully saturated rings. The molecule has 0 bridgehead atoms. The van der Waals surface area contributed by atoms with Crippen molar-refractivity contribution in [2.75, 3.05) is 31.1 Å². The van der Waals surface area contributed by atoms with Gasteiger partial charge in [-0.3, -0.25) is 4.79 Å². The zero-order chi connectivity index (χ0) is 14.1. The molecule has 0 aliphatic carbocycles. The number of carbonyl (C=O) groups excluding carboxylic acids is 1. The number of likely N-dealkylation sites (tertiary alicyclic amines) is 1. The molecular formula is C13H24N2O3S. The average molecular weight is 288 g/mol. The minimum absolute atomic E-state index is 0.0881. The Kier molecular flexibility index (Phi) is 4.20. The molecule has 0 aromatic carbocycles. The van der Waals surface area contributed by atoms with Gasteiger partial charge in [-0.25, -0.2) is 8.42 Å². The molecule has 0 saturated carbocycles. The fraction of sp³-hybridized carbons (Fsp3) is 0.923. The quantitative estimate of drug-likeness (QED) is 0.799. The molecular weight excluding hydrogens is 264 g/mol. The van der Waals surface area contributed by atoms with Crippen molar-refractivity contribution in [3.8, 4) is 0 Å². The van der Waals surface area contributed by atoms with E-state index in [0.29, 0.717) is 18.4 Å². The maximum atomic E-state index is 12.2. The van der Waals surface area contributed by atoms with Crippen molar-refractivity contribution in [3.05, 3.63) is 0 Å². The fourth-order valence-corrected chi connectivity index (χ4v) is 4.14. The van der Waals surface area contributed by atoms with E-state index in [0.717, 1.165) is 25.9 Å². The van der Waals surface area contributed by atoms with Crippen LogP contribution in [-0.2, 0) is 14.6 Å². The van der Waals surface area contributed by atoms with Crippen molar-refractivity contribution < 1.29 is 13.2 Å². The van der Waals surface area contributed by atoms with E-state index in [4.69, 9.17) is 0 Å². The van der Waals surface area contributed by atoms with Crippen LogP contribution in [0.2, 0.25) is 0 Å². The largest absolute Gasteiger partial charge is 0.343 e. The van der Waals surface area contributed by atoms with Gasteiger partial charge in [-0.2, -0.15) is 0 Å². The van der Waals surface area contributed by atoms with E-state index >= 15 is 0 Å². The predicted molar refractivity (Wildman–Crippen MR) is 74.7 cm³/mol. The normalized spacial score (nSPS) is 30.0. The zero-order valence-electron chi connectivity index (χ0n) is 11.8. The molecule has 1 atom stereocenters. The van der Waals surface area contributed by atoms with E-state index < -0.39 is 9.84 Å². The number of nitrogens with one attached hydrogen (secondary N) is 1. The first kappa shape index (κ1) is 14.8. The molecule has 0 spiro atoms. The van der Waals surface area contributed by atoms with Gasteiger partial charge in [0.1, 0.15) is 0 Å². The Morgan fingerprint density at radius 3 is 2.53 bits per heavy atom. The van der Waals surface area contributed by atoms with Gasteiger partial charge >= 0.3 is 0 Å².